The number of anilines is 2. The van der Waals surface area contributed by atoms with Gasteiger partial charge in [-0.15, -0.1) is 5.10 Å². The van der Waals surface area contributed by atoms with E-state index in [1.807, 2.05) is 77.1 Å². The molecule has 5 aromatic rings. The van der Waals surface area contributed by atoms with Gasteiger partial charge >= 0.3 is 0 Å². The molecule has 5 rings (SSSR count). The van der Waals surface area contributed by atoms with Crippen LogP contribution in [0, 0.1) is 0 Å². The highest BCUT2D eigenvalue weighted by molar-refractivity contribution is 5.80. The van der Waals surface area contributed by atoms with Crippen molar-refractivity contribution < 1.29 is 0 Å². The molecule has 0 amide bonds. The second-order valence-corrected chi connectivity index (χ2v) is 6.17. The molecule has 0 spiro atoms. The van der Waals surface area contributed by atoms with E-state index >= 15 is 0 Å². The van der Waals surface area contributed by atoms with E-state index in [0.29, 0.717) is 5.95 Å². The van der Waals surface area contributed by atoms with Crippen LogP contribution in [-0.4, -0.2) is 24.1 Å². The number of nitrogens with zero attached hydrogens (tertiary/aromatic N) is 5. The molecule has 0 aliphatic rings. The molecule has 26 heavy (non-hydrogen) atoms. The molecule has 0 unspecified atom stereocenters. The molecule has 1 N–H and O–H groups in total. The first-order valence-electron chi connectivity index (χ1n) is 8.37. The zero-order chi connectivity index (χ0) is 17.5. The lowest BCUT2D eigenvalue weighted by Crippen LogP contribution is -1.96. The van der Waals surface area contributed by atoms with Gasteiger partial charge in [-0.2, -0.15) is 4.98 Å². The summed E-state index contributed by atoms with van der Waals surface area (Å²) in [7, 11) is 1.98. The minimum atomic E-state index is 0.565. The first-order valence-corrected chi connectivity index (χ1v) is 8.37. The van der Waals surface area contributed by atoms with E-state index in [-0.39, 0.29) is 0 Å². The smallest absolute Gasteiger partial charge is 0.247 e. The molecule has 3 aromatic heterocycles. The van der Waals surface area contributed by atoms with E-state index in [4.69, 9.17) is 0 Å². The maximum absolute atomic E-state index is 4.65. The van der Waals surface area contributed by atoms with E-state index in [2.05, 4.69) is 32.5 Å². The third kappa shape index (κ3) is 2.39. The van der Waals surface area contributed by atoms with Crippen LogP contribution >= 0.6 is 0 Å². The molecule has 0 saturated carbocycles. The van der Waals surface area contributed by atoms with Gasteiger partial charge in [0, 0.05) is 18.3 Å². The number of pyridine rings is 1. The number of benzene rings is 2. The van der Waals surface area contributed by atoms with E-state index < -0.39 is 0 Å². The van der Waals surface area contributed by atoms with Gasteiger partial charge in [0.2, 0.25) is 5.95 Å². The zero-order valence-corrected chi connectivity index (χ0v) is 14.2. The molecule has 0 aliphatic carbocycles. The Bertz CT molecular complexity index is 1220. The highest BCUT2D eigenvalue weighted by atomic mass is 15.4. The van der Waals surface area contributed by atoms with Crippen molar-refractivity contribution in [1.29, 1.82) is 0 Å². The Morgan fingerprint density at radius 3 is 2.69 bits per heavy atom. The van der Waals surface area contributed by atoms with Crippen LogP contribution in [-0.2, 0) is 7.05 Å². The Balaban J connectivity index is 1.56. The largest absolute Gasteiger partial charge is 0.334 e. The van der Waals surface area contributed by atoms with Crippen molar-refractivity contribution in [2.45, 2.75) is 0 Å². The predicted molar refractivity (Wildman–Crippen MR) is 102 cm³/mol. The second-order valence-electron chi connectivity index (χ2n) is 6.17. The Hall–Kier alpha value is -3.67. The number of fused-ring (bicyclic) bond motifs is 2. The molecular formula is C20H16N6. The standard InChI is InChI=1S/C20H16N6/c1-25-13-21-16-11-10-15(12-18(16)25)22-20-23-19-9-5-8-17(26(19)24-20)14-6-3-2-4-7-14/h2-13H,1H3,(H,22,24). The van der Waals surface area contributed by atoms with Crippen LogP contribution in [0.2, 0.25) is 0 Å². The summed E-state index contributed by atoms with van der Waals surface area (Å²) in [5, 5.41) is 7.94. The minimum Gasteiger partial charge on any atom is -0.334 e. The molecule has 126 valence electrons. The molecular weight excluding hydrogens is 324 g/mol. The van der Waals surface area contributed by atoms with Crippen LogP contribution in [0.1, 0.15) is 0 Å². The number of rotatable bonds is 3. The highest BCUT2D eigenvalue weighted by Gasteiger charge is 2.09. The quantitative estimate of drug-likeness (QED) is 0.539. The molecule has 6 nitrogen and oxygen atoms in total. The molecule has 0 radical (unpaired) electrons. The van der Waals surface area contributed by atoms with E-state index in [9.17, 15) is 0 Å². The van der Waals surface area contributed by atoms with Gasteiger partial charge in [0.15, 0.2) is 5.65 Å². The minimum absolute atomic E-state index is 0.565. The van der Waals surface area contributed by atoms with Gasteiger partial charge in [-0.05, 0) is 30.3 Å². The van der Waals surface area contributed by atoms with Crippen molar-refractivity contribution in [2.24, 2.45) is 7.05 Å². The number of hydrogen-bond acceptors (Lipinski definition) is 4. The third-order valence-electron chi connectivity index (χ3n) is 4.41. The SMILES string of the molecule is Cn1cnc2ccc(Nc3nc4cccc(-c5ccccc5)n4n3)cc21. The number of hydrogen-bond donors (Lipinski definition) is 1. The highest BCUT2D eigenvalue weighted by Crippen LogP contribution is 2.23. The summed E-state index contributed by atoms with van der Waals surface area (Å²) in [6.07, 6.45) is 1.81. The van der Waals surface area contributed by atoms with Gasteiger partial charge in [0.25, 0.3) is 0 Å². The van der Waals surface area contributed by atoms with Crippen LogP contribution < -0.4 is 5.32 Å². The molecule has 0 saturated heterocycles. The summed E-state index contributed by atoms with van der Waals surface area (Å²) in [5.41, 5.74) is 5.86. The number of imidazole rings is 1. The van der Waals surface area contributed by atoms with Crippen LogP contribution in [0.15, 0.2) is 73.1 Å². The molecule has 0 aliphatic heterocycles. The lowest BCUT2D eigenvalue weighted by Gasteiger charge is -2.04. The molecule has 0 bridgehead atoms. The predicted octanol–water partition coefficient (Wildman–Crippen LogP) is 4.03. The van der Waals surface area contributed by atoms with Crippen LogP contribution in [0.3, 0.4) is 0 Å². The van der Waals surface area contributed by atoms with E-state index in [1.54, 1.807) is 0 Å². The molecule has 6 heteroatoms. The number of aromatic nitrogens is 5. The summed E-state index contributed by atoms with van der Waals surface area (Å²) in [5.74, 6) is 0.565. The first kappa shape index (κ1) is 14.7. The maximum atomic E-state index is 4.65. The summed E-state index contributed by atoms with van der Waals surface area (Å²) in [6, 6.07) is 22.2. The van der Waals surface area contributed by atoms with Crippen molar-refractivity contribution in [3.8, 4) is 11.3 Å². The normalized spacial score (nSPS) is 11.3. The molecule has 2 aromatic carbocycles. The zero-order valence-electron chi connectivity index (χ0n) is 14.2. The van der Waals surface area contributed by atoms with Crippen molar-refractivity contribution in [3.05, 3.63) is 73.1 Å². The third-order valence-corrected chi connectivity index (χ3v) is 4.41. The number of aryl methyl sites for hydroxylation is 1. The maximum Gasteiger partial charge on any atom is 0.247 e. The van der Waals surface area contributed by atoms with Crippen molar-refractivity contribution in [2.75, 3.05) is 5.32 Å². The summed E-state index contributed by atoms with van der Waals surface area (Å²) < 4.78 is 3.85. The summed E-state index contributed by atoms with van der Waals surface area (Å²) >= 11 is 0. The van der Waals surface area contributed by atoms with Crippen molar-refractivity contribution in [3.63, 3.8) is 0 Å². The van der Waals surface area contributed by atoms with E-state index in [0.717, 1.165) is 33.6 Å². The Kier molecular flexibility index (Phi) is 3.21. The monoisotopic (exact) mass is 340 g/mol. The topological polar surface area (TPSA) is 60.0 Å². The Labute approximate surface area is 149 Å². The van der Waals surface area contributed by atoms with Gasteiger partial charge < -0.3 is 9.88 Å². The Morgan fingerprint density at radius 1 is 0.923 bits per heavy atom. The van der Waals surface area contributed by atoms with Gasteiger partial charge in [-0.1, -0.05) is 36.4 Å². The fourth-order valence-corrected chi connectivity index (χ4v) is 3.12. The van der Waals surface area contributed by atoms with Crippen molar-refractivity contribution >= 4 is 28.3 Å². The Morgan fingerprint density at radius 2 is 1.81 bits per heavy atom. The fraction of sp³-hybridized carbons (Fsp3) is 0.0500. The molecule has 0 atom stereocenters. The first-order chi connectivity index (χ1) is 12.8. The lowest BCUT2D eigenvalue weighted by atomic mass is 10.1. The lowest BCUT2D eigenvalue weighted by molar-refractivity contribution is 0.947. The van der Waals surface area contributed by atoms with Gasteiger partial charge in [-0.25, -0.2) is 9.50 Å². The average Bonchev–Trinajstić information content (AvgIpc) is 3.25. The average molecular weight is 340 g/mol. The summed E-state index contributed by atoms with van der Waals surface area (Å²) in [4.78, 5) is 8.95. The van der Waals surface area contributed by atoms with Crippen LogP contribution in [0.25, 0.3) is 27.9 Å². The molecule has 3 heterocycles. The van der Waals surface area contributed by atoms with Gasteiger partial charge in [0.05, 0.1) is 23.1 Å². The second kappa shape index (κ2) is 5.70. The fourth-order valence-electron chi connectivity index (χ4n) is 3.12. The van der Waals surface area contributed by atoms with E-state index in [1.165, 1.54) is 0 Å². The summed E-state index contributed by atoms with van der Waals surface area (Å²) in [6.45, 7) is 0. The van der Waals surface area contributed by atoms with Crippen LogP contribution in [0.5, 0.6) is 0 Å². The van der Waals surface area contributed by atoms with Crippen LogP contribution in [0.4, 0.5) is 11.6 Å². The van der Waals surface area contributed by atoms with Gasteiger partial charge in [-0.3, -0.25) is 0 Å². The van der Waals surface area contributed by atoms with Gasteiger partial charge in [0.1, 0.15) is 0 Å². The molecule has 0 fully saturated rings. The number of nitrogens with one attached hydrogen (secondary N) is 1. The van der Waals surface area contributed by atoms with Crippen molar-refractivity contribution in [1.82, 2.24) is 24.1 Å².